The Balaban J connectivity index is 2.05. The second-order valence-electron chi connectivity index (χ2n) is 4.23. The van der Waals surface area contributed by atoms with E-state index >= 15 is 0 Å². The lowest BCUT2D eigenvalue weighted by atomic mass is 10.1. The van der Waals surface area contributed by atoms with Gasteiger partial charge in [-0.05, 0) is 33.6 Å². The summed E-state index contributed by atoms with van der Waals surface area (Å²) in [6, 6.07) is 4.05. The summed E-state index contributed by atoms with van der Waals surface area (Å²) in [5.41, 5.74) is 4.22. The van der Waals surface area contributed by atoms with Crippen LogP contribution >= 0.6 is 50.1 Å². The fourth-order valence-corrected chi connectivity index (χ4v) is 3.95. The molecule has 3 rings (SSSR count). The number of benzene rings is 1. The van der Waals surface area contributed by atoms with Gasteiger partial charge in [0, 0.05) is 28.3 Å². The summed E-state index contributed by atoms with van der Waals surface area (Å²) in [5.74, 6) is -0.0667. The summed E-state index contributed by atoms with van der Waals surface area (Å²) in [6.07, 6.45) is 0.876. The third-order valence-electron chi connectivity index (χ3n) is 2.89. The summed E-state index contributed by atoms with van der Waals surface area (Å²) in [5, 5.41) is 3.76. The highest BCUT2D eigenvalue weighted by Crippen LogP contribution is 2.44. The number of nitrogens with one attached hydrogen (secondary N) is 2. The molecule has 0 saturated carbocycles. The number of thiazole rings is 1. The molecule has 0 saturated heterocycles. The van der Waals surface area contributed by atoms with Crippen molar-refractivity contribution in [2.24, 2.45) is 0 Å². The van der Waals surface area contributed by atoms with Crippen molar-refractivity contribution in [1.29, 1.82) is 0 Å². The molecule has 0 atom stereocenters. The van der Waals surface area contributed by atoms with Gasteiger partial charge >= 0.3 is 0 Å². The van der Waals surface area contributed by atoms with E-state index in [-0.39, 0.29) is 5.91 Å². The first-order valence-corrected chi connectivity index (χ1v) is 8.24. The topological polar surface area (TPSA) is 54.0 Å². The van der Waals surface area contributed by atoms with Gasteiger partial charge in [0.25, 0.3) is 0 Å². The van der Waals surface area contributed by atoms with E-state index in [1.54, 1.807) is 11.3 Å². The molecule has 0 spiro atoms. The summed E-state index contributed by atoms with van der Waals surface area (Å²) < 4.78 is 3.93. The second-order valence-corrected chi connectivity index (χ2v) is 6.71. The highest BCUT2D eigenvalue weighted by Gasteiger charge is 2.24. The van der Waals surface area contributed by atoms with E-state index in [0.717, 1.165) is 33.0 Å². The molecule has 0 bridgehead atoms. The predicted octanol–water partition coefficient (Wildman–Crippen LogP) is 4.20. The Bertz CT molecular complexity index is 686. The zero-order valence-corrected chi connectivity index (χ0v) is 14.4. The third kappa shape index (κ3) is 2.38. The first-order valence-electron chi connectivity index (χ1n) is 5.55. The molecular formula is C12H9BrIN3OS. The summed E-state index contributed by atoms with van der Waals surface area (Å²) >= 11 is 7.26. The van der Waals surface area contributed by atoms with Crippen molar-refractivity contribution in [3.05, 3.63) is 27.0 Å². The molecular weight excluding hydrogens is 441 g/mol. The zero-order chi connectivity index (χ0) is 13.6. The fourth-order valence-electron chi connectivity index (χ4n) is 2.17. The van der Waals surface area contributed by atoms with Crippen molar-refractivity contribution in [3.63, 3.8) is 0 Å². The molecule has 0 aliphatic heterocycles. The van der Waals surface area contributed by atoms with Crippen molar-refractivity contribution >= 4 is 66.9 Å². The Morgan fingerprint density at radius 2 is 2.32 bits per heavy atom. The van der Waals surface area contributed by atoms with Crippen LogP contribution in [0.5, 0.6) is 0 Å². The summed E-state index contributed by atoms with van der Waals surface area (Å²) in [4.78, 5) is 17.0. The van der Waals surface area contributed by atoms with Gasteiger partial charge in [0.2, 0.25) is 5.91 Å². The highest BCUT2D eigenvalue weighted by atomic mass is 127. The summed E-state index contributed by atoms with van der Waals surface area (Å²) in [6.45, 7) is 1.51. The maximum absolute atomic E-state index is 11.2. The van der Waals surface area contributed by atoms with Crippen LogP contribution in [0.15, 0.2) is 16.6 Å². The maximum atomic E-state index is 11.2. The van der Waals surface area contributed by atoms with Crippen LogP contribution < -0.4 is 8.85 Å². The van der Waals surface area contributed by atoms with E-state index in [1.807, 2.05) is 12.1 Å². The standard InChI is InChI=1S/C12H9BrIN3OS/c1-5(18)15-9-2-6-3-10-11(7(6)4-8(9)13)16-12(17-14)19-10/h2,4H,3H2,1H3,(H,15,18)(H,16,17). The number of fused-ring (bicyclic) bond motifs is 3. The Kier molecular flexibility index (Phi) is 3.52. The van der Waals surface area contributed by atoms with Crippen LogP contribution in [0.4, 0.5) is 10.8 Å². The van der Waals surface area contributed by atoms with Gasteiger partial charge in [-0.3, -0.25) is 4.79 Å². The number of hydrogen-bond acceptors (Lipinski definition) is 4. The lowest BCUT2D eigenvalue weighted by Gasteiger charge is -2.08. The number of hydrogen-bond donors (Lipinski definition) is 2. The van der Waals surface area contributed by atoms with E-state index < -0.39 is 0 Å². The average Bonchev–Trinajstić information content (AvgIpc) is 2.87. The quantitative estimate of drug-likeness (QED) is 0.455. The van der Waals surface area contributed by atoms with Crippen LogP contribution in [-0.2, 0) is 11.2 Å². The van der Waals surface area contributed by atoms with E-state index in [2.05, 4.69) is 52.6 Å². The Hall–Kier alpha value is -0.670. The number of aromatic nitrogens is 1. The lowest BCUT2D eigenvalue weighted by Crippen LogP contribution is -2.06. The maximum Gasteiger partial charge on any atom is 0.221 e. The predicted molar refractivity (Wildman–Crippen MR) is 90.0 cm³/mol. The van der Waals surface area contributed by atoms with Crippen molar-refractivity contribution in [1.82, 2.24) is 4.98 Å². The second kappa shape index (κ2) is 5.02. The Labute approximate surface area is 136 Å². The lowest BCUT2D eigenvalue weighted by molar-refractivity contribution is -0.114. The van der Waals surface area contributed by atoms with Crippen LogP contribution in [0.25, 0.3) is 11.3 Å². The highest BCUT2D eigenvalue weighted by molar-refractivity contribution is 14.1. The van der Waals surface area contributed by atoms with Crippen LogP contribution in [0.2, 0.25) is 0 Å². The van der Waals surface area contributed by atoms with Crippen molar-refractivity contribution in [3.8, 4) is 11.3 Å². The Morgan fingerprint density at radius 1 is 1.53 bits per heavy atom. The van der Waals surface area contributed by atoms with Gasteiger partial charge in [0.15, 0.2) is 5.13 Å². The van der Waals surface area contributed by atoms with Crippen molar-refractivity contribution in [2.75, 3.05) is 8.85 Å². The Morgan fingerprint density at radius 3 is 3.00 bits per heavy atom. The molecule has 1 aliphatic rings. The average molecular weight is 450 g/mol. The molecule has 0 fully saturated rings. The van der Waals surface area contributed by atoms with E-state index in [0.29, 0.717) is 0 Å². The number of anilines is 2. The minimum absolute atomic E-state index is 0.0667. The van der Waals surface area contributed by atoms with E-state index in [1.165, 1.54) is 17.4 Å². The molecule has 1 amide bonds. The zero-order valence-electron chi connectivity index (χ0n) is 9.88. The largest absolute Gasteiger partial charge is 0.325 e. The SMILES string of the molecule is CC(=O)Nc1cc2c(cc1Br)-c1nc(NI)sc1C2. The first kappa shape index (κ1) is 13.3. The molecule has 1 heterocycles. The number of rotatable bonds is 2. The van der Waals surface area contributed by atoms with Gasteiger partial charge in [-0.2, -0.15) is 0 Å². The van der Waals surface area contributed by atoms with E-state index in [4.69, 9.17) is 0 Å². The molecule has 1 aliphatic carbocycles. The number of halogens is 2. The minimum Gasteiger partial charge on any atom is -0.325 e. The van der Waals surface area contributed by atoms with Crippen LogP contribution in [-0.4, -0.2) is 10.9 Å². The van der Waals surface area contributed by atoms with E-state index in [9.17, 15) is 4.79 Å². The molecule has 0 unspecified atom stereocenters. The molecule has 2 N–H and O–H groups in total. The normalized spacial score (nSPS) is 11.9. The number of amides is 1. The van der Waals surface area contributed by atoms with Gasteiger partial charge in [0.1, 0.15) is 0 Å². The van der Waals surface area contributed by atoms with Gasteiger partial charge in [-0.1, -0.05) is 0 Å². The van der Waals surface area contributed by atoms with Gasteiger partial charge < -0.3 is 8.85 Å². The minimum atomic E-state index is -0.0667. The molecule has 19 heavy (non-hydrogen) atoms. The van der Waals surface area contributed by atoms with Crippen LogP contribution in [0.3, 0.4) is 0 Å². The molecule has 98 valence electrons. The molecule has 2 aromatic rings. The summed E-state index contributed by atoms with van der Waals surface area (Å²) in [7, 11) is 0. The van der Waals surface area contributed by atoms with Crippen molar-refractivity contribution < 1.29 is 4.79 Å². The van der Waals surface area contributed by atoms with Crippen LogP contribution in [0.1, 0.15) is 17.4 Å². The third-order valence-corrected chi connectivity index (χ3v) is 5.39. The van der Waals surface area contributed by atoms with Gasteiger partial charge in [0.05, 0.1) is 34.2 Å². The molecule has 0 radical (unpaired) electrons. The van der Waals surface area contributed by atoms with Crippen LogP contribution in [0, 0.1) is 0 Å². The monoisotopic (exact) mass is 449 g/mol. The van der Waals surface area contributed by atoms with Gasteiger partial charge in [-0.15, -0.1) is 11.3 Å². The fraction of sp³-hybridized carbons (Fsp3) is 0.167. The molecule has 1 aromatic heterocycles. The molecule has 1 aromatic carbocycles. The van der Waals surface area contributed by atoms with Crippen molar-refractivity contribution in [2.45, 2.75) is 13.3 Å². The molecule has 4 nitrogen and oxygen atoms in total. The number of carbonyl (C=O) groups is 1. The smallest absolute Gasteiger partial charge is 0.221 e. The number of nitrogens with zero attached hydrogens (tertiary/aromatic N) is 1. The number of carbonyl (C=O) groups excluding carboxylic acids is 1. The van der Waals surface area contributed by atoms with Gasteiger partial charge in [-0.25, -0.2) is 4.98 Å². The molecule has 7 heteroatoms. The first-order chi connectivity index (χ1) is 9.08.